The maximum absolute atomic E-state index is 11.2. The van der Waals surface area contributed by atoms with E-state index in [0.717, 1.165) is 9.35 Å². The quantitative estimate of drug-likeness (QED) is 0.538. The molecule has 0 bridgehead atoms. The molecule has 2 aromatic rings. The minimum absolute atomic E-state index is 0.0997. The highest BCUT2D eigenvalue weighted by Gasteiger charge is 2.23. The fourth-order valence-corrected chi connectivity index (χ4v) is 3.60. The third kappa shape index (κ3) is 4.03. The van der Waals surface area contributed by atoms with E-state index in [9.17, 15) is 15.2 Å². The van der Waals surface area contributed by atoms with Crippen LogP contribution in [0, 0.1) is 10.1 Å². The number of aliphatic hydroxyl groups excluding tert-OH is 1. The molecule has 0 radical (unpaired) electrons. The molecule has 0 amide bonds. The number of ether oxygens (including phenoxy) is 1. The monoisotopic (exact) mass is 435 g/mol. The number of thiophene rings is 1. The van der Waals surface area contributed by atoms with Crippen LogP contribution in [0.1, 0.15) is 23.5 Å². The van der Waals surface area contributed by atoms with E-state index in [1.807, 2.05) is 11.4 Å². The van der Waals surface area contributed by atoms with Crippen LogP contribution in [-0.2, 0) is 6.61 Å². The van der Waals surface area contributed by atoms with Gasteiger partial charge in [0.05, 0.1) is 11.0 Å². The highest BCUT2D eigenvalue weighted by Crippen LogP contribution is 2.38. The molecule has 0 aliphatic carbocycles. The summed E-state index contributed by atoms with van der Waals surface area (Å²) in [6, 6.07) is 4.88. The Bertz CT molecular complexity index is 672. The summed E-state index contributed by atoms with van der Waals surface area (Å²) < 4.78 is 7.07. The Hall–Kier alpha value is -0.960. The number of nitro groups is 1. The van der Waals surface area contributed by atoms with Crippen molar-refractivity contribution in [2.24, 2.45) is 0 Å². The number of hydrogen-bond donors (Lipinski definition) is 1. The first-order valence-corrected chi connectivity index (χ1v) is 8.36. The van der Waals surface area contributed by atoms with Crippen molar-refractivity contribution < 1.29 is 14.8 Å². The van der Waals surface area contributed by atoms with E-state index in [1.165, 1.54) is 17.4 Å². The molecule has 2 rings (SSSR count). The highest BCUT2D eigenvalue weighted by atomic mass is 79.9. The van der Waals surface area contributed by atoms with Crippen LogP contribution in [-0.4, -0.2) is 10.0 Å². The van der Waals surface area contributed by atoms with Gasteiger partial charge in [0.25, 0.3) is 0 Å². The van der Waals surface area contributed by atoms with Crippen LogP contribution in [0.2, 0.25) is 0 Å². The molecule has 0 aliphatic rings. The van der Waals surface area contributed by atoms with E-state index < -0.39 is 11.0 Å². The van der Waals surface area contributed by atoms with Crippen LogP contribution in [0.4, 0.5) is 5.69 Å². The van der Waals surface area contributed by atoms with Gasteiger partial charge in [-0.2, -0.15) is 0 Å². The van der Waals surface area contributed by atoms with Gasteiger partial charge >= 0.3 is 5.69 Å². The van der Waals surface area contributed by atoms with Crippen LogP contribution in [0.25, 0.3) is 0 Å². The van der Waals surface area contributed by atoms with E-state index in [1.54, 1.807) is 13.0 Å². The van der Waals surface area contributed by atoms with Crippen molar-refractivity contribution in [1.29, 1.82) is 0 Å². The summed E-state index contributed by atoms with van der Waals surface area (Å²) in [5, 5.41) is 22.9. The van der Waals surface area contributed by atoms with Crippen molar-refractivity contribution >= 4 is 48.9 Å². The lowest BCUT2D eigenvalue weighted by atomic mass is 10.1. The zero-order chi connectivity index (χ0) is 15.6. The molecule has 0 saturated heterocycles. The molecule has 112 valence electrons. The fraction of sp³-hybridized carbons (Fsp3) is 0.231. The van der Waals surface area contributed by atoms with Gasteiger partial charge in [0.1, 0.15) is 6.61 Å². The summed E-state index contributed by atoms with van der Waals surface area (Å²) in [5.74, 6) is 0.0997. The SMILES string of the molecule is CC(O)c1cc(Br)cc([N+](=O)[O-])c1OCc1cc(Br)cs1. The average molecular weight is 437 g/mol. The molecule has 0 fully saturated rings. The molecule has 0 aliphatic heterocycles. The van der Waals surface area contributed by atoms with E-state index in [-0.39, 0.29) is 18.0 Å². The number of nitro benzene ring substituents is 1. The number of benzene rings is 1. The van der Waals surface area contributed by atoms with Gasteiger partial charge in [0.2, 0.25) is 5.75 Å². The molecule has 1 aromatic carbocycles. The predicted octanol–water partition coefficient (Wildman–Crippen LogP) is 4.81. The molecule has 8 heteroatoms. The Morgan fingerprint density at radius 1 is 1.38 bits per heavy atom. The third-order valence-electron chi connectivity index (χ3n) is 2.69. The van der Waals surface area contributed by atoms with Crippen molar-refractivity contribution in [3.63, 3.8) is 0 Å². The van der Waals surface area contributed by atoms with Gasteiger partial charge in [-0.15, -0.1) is 11.3 Å². The Labute approximate surface area is 142 Å². The normalized spacial score (nSPS) is 12.2. The van der Waals surface area contributed by atoms with E-state index in [2.05, 4.69) is 31.9 Å². The molecule has 1 unspecified atom stereocenters. The lowest BCUT2D eigenvalue weighted by molar-refractivity contribution is -0.386. The number of halogens is 2. The fourth-order valence-electron chi connectivity index (χ4n) is 1.78. The first-order valence-electron chi connectivity index (χ1n) is 5.90. The van der Waals surface area contributed by atoms with Gasteiger partial charge in [0.15, 0.2) is 0 Å². The number of nitrogens with zero attached hydrogens (tertiary/aromatic N) is 1. The summed E-state index contributed by atoms with van der Waals surface area (Å²) in [4.78, 5) is 11.6. The molecule has 1 aromatic heterocycles. The average Bonchev–Trinajstić information content (AvgIpc) is 2.81. The summed E-state index contributed by atoms with van der Waals surface area (Å²) in [7, 11) is 0. The van der Waals surface area contributed by atoms with Crippen LogP contribution in [0.15, 0.2) is 32.5 Å². The molecule has 5 nitrogen and oxygen atoms in total. The molecule has 1 atom stereocenters. The Balaban J connectivity index is 2.37. The predicted molar refractivity (Wildman–Crippen MR) is 87.8 cm³/mol. The molecule has 0 saturated carbocycles. The summed E-state index contributed by atoms with van der Waals surface area (Å²) >= 11 is 8.04. The summed E-state index contributed by atoms with van der Waals surface area (Å²) in [5.41, 5.74) is 0.211. The van der Waals surface area contributed by atoms with Gasteiger partial charge in [-0.3, -0.25) is 10.1 Å². The second-order valence-corrected chi connectivity index (χ2v) is 7.12. The van der Waals surface area contributed by atoms with Crippen molar-refractivity contribution in [3.05, 3.63) is 53.1 Å². The van der Waals surface area contributed by atoms with Gasteiger partial charge in [-0.05, 0) is 35.0 Å². The van der Waals surface area contributed by atoms with Crippen molar-refractivity contribution in [1.82, 2.24) is 0 Å². The summed E-state index contributed by atoms with van der Waals surface area (Å²) in [6.07, 6.45) is -0.869. The zero-order valence-electron chi connectivity index (χ0n) is 10.9. The van der Waals surface area contributed by atoms with E-state index in [4.69, 9.17) is 4.74 Å². The smallest absolute Gasteiger partial charge is 0.312 e. The van der Waals surface area contributed by atoms with Crippen LogP contribution in [0.5, 0.6) is 5.75 Å². The van der Waals surface area contributed by atoms with Crippen molar-refractivity contribution in [2.45, 2.75) is 19.6 Å². The second-order valence-electron chi connectivity index (χ2n) is 4.30. The molecular weight excluding hydrogens is 426 g/mol. The van der Waals surface area contributed by atoms with Gasteiger partial charge in [0, 0.05) is 30.8 Å². The first-order chi connectivity index (χ1) is 9.88. The van der Waals surface area contributed by atoms with Crippen molar-refractivity contribution in [3.8, 4) is 5.75 Å². The van der Waals surface area contributed by atoms with Gasteiger partial charge in [-0.25, -0.2) is 0 Å². The van der Waals surface area contributed by atoms with Gasteiger partial charge < -0.3 is 9.84 Å². The summed E-state index contributed by atoms with van der Waals surface area (Å²) in [6.45, 7) is 1.75. The number of aliphatic hydroxyl groups is 1. The Morgan fingerprint density at radius 3 is 2.62 bits per heavy atom. The standard InChI is InChI=1S/C13H11Br2NO4S/c1-7(17)11-3-8(14)4-12(16(18)19)13(11)20-5-10-2-9(15)6-21-10/h2-4,6-7,17H,5H2,1H3. The Morgan fingerprint density at radius 2 is 2.10 bits per heavy atom. The maximum atomic E-state index is 11.2. The van der Waals surface area contributed by atoms with E-state index in [0.29, 0.717) is 10.0 Å². The lowest BCUT2D eigenvalue weighted by Gasteiger charge is -2.13. The number of rotatable bonds is 5. The minimum atomic E-state index is -0.869. The van der Waals surface area contributed by atoms with Crippen LogP contribution in [0.3, 0.4) is 0 Å². The number of hydrogen-bond acceptors (Lipinski definition) is 5. The Kier molecular flexibility index (Phi) is 5.37. The van der Waals surface area contributed by atoms with E-state index >= 15 is 0 Å². The molecule has 0 spiro atoms. The van der Waals surface area contributed by atoms with Gasteiger partial charge in [-0.1, -0.05) is 15.9 Å². The lowest BCUT2D eigenvalue weighted by Crippen LogP contribution is -2.04. The molecule has 1 heterocycles. The van der Waals surface area contributed by atoms with Crippen LogP contribution >= 0.6 is 43.2 Å². The molecular formula is C13H11Br2NO4S. The second kappa shape index (κ2) is 6.87. The van der Waals surface area contributed by atoms with Crippen molar-refractivity contribution in [2.75, 3.05) is 0 Å². The topological polar surface area (TPSA) is 72.6 Å². The minimum Gasteiger partial charge on any atom is -0.481 e. The first kappa shape index (κ1) is 16.4. The third-order valence-corrected chi connectivity index (χ3v) is 4.82. The van der Waals surface area contributed by atoms with Crippen LogP contribution < -0.4 is 4.74 Å². The largest absolute Gasteiger partial charge is 0.481 e. The molecule has 21 heavy (non-hydrogen) atoms. The zero-order valence-corrected chi connectivity index (χ0v) is 14.9. The molecule has 1 N–H and O–H groups in total. The maximum Gasteiger partial charge on any atom is 0.312 e. The highest BCUT2D eigenvalue weighted by molar-refractivity contribution is 9.10.